The Bertz CT molecular complexity index is 730. The maximum atomic E-state index is 11.8. The lowest BCUT2D eigenvalue weighted by atomic mass is 10.2. The molecule has 2 rings (SSSR count). The maximum Gasteiger partial charge on any atom is 0.408 e. The second-order valence-electron chi connectivity index (χ2n) is 6.32. The molecule has 7 heteroatoms. The average molecular weight is 319 g/mol. The van der Waals surface area contributed by atoms with Crippen LogP contribution < -0.4 is 5.32 Å². The number of rotatable bonds is 4. The van der Waals surface area contributed by atoms with Crippen molar-refractivity contribution in [3.8, 4) is 0 Å². The molecule has 1 aromatic heterocycles. The van der Waals surface area contributed by atoms with E-state index in [0.717, 1.165) is 11.0 Å². The van der Waals surface area contributed by atoms with Gasteiger partial charge in [0.25, 0.3) is 0 Å². The van der Waals surface area contributed by atoms with Crippen LogP contribution in [0.3, 0.4) is 0 Å². The third kappa shape index (κ3) is 4.21. The Balaban J connectivity index is 2.17. The Hall–Kier alpha value is -2.57. The molecule has 0 bridgehead atoms. The van der Waals surface area contributed by atoms with Gasteiger partial charge in [-0.1, -0.05) is 12.1 Å². The number of imidazole rings is 1. The summed E-state index contributed by atoms with van der Waals surface area (Å²) in [6.45, 7) is 5.15. The van der Waals surface area contributed by atoms with E-state index in [1.165, 1.54) is 0 Å². The topological polar surface area (TPSA) is 93.5 Å². The van der Waals surface area contributed by atoms with Crippen LogP contribution in [0.25, 0.3) is 11.0 Å². The summed E-state index contributed by atoms with van der Waals surface area (Å²) in [5.41, 5.74) is 1.00. The zero-order chi connectivity index (χ0) is 17.2. The van der Waals surface area contributed by atoms with Gasteiger partial charge in [-0.25, -0.2) is 14.6 Å². The highest BCUT2D eigenvalue weighted by molar-refractivity contribution is 5.81. The fourth-order valence-corrected chi connectivity index (χ4v) is 2.21. The SMILES string of the molecule is Cn1c(C[C@H](NC(=O)OC(C)(C)C)C(=O)O)nc2ccccc21. The summed E-state index contributed by atoms with van der Waals surface area (Å²) in [6, 6.07) is 6.41. The number of amides is 1. The number of aryl methyl sites for hydroxylation is 1. The van der Waals surface area contributed by atoms with E-state index in [1.54, 1.807) is 20.8 Å². The van der Waals surface area contributed by atoms with E-state index < -0.39 is 23.7 Å². The smallest absolute Gasteiger partial charge is 0.408 e. The molecule has 0 saturated carbocycles. The van der Waals surface area contributed by atoms with E-state index in [4.69, 9.17) is 4.74 Å². The Labute approximate surface area is 134 Å². The minimum absolute atomic E-state index is 0.0692. The van der Waals surface area contributed by atoms with Crippen LogP contribution in [0.1, 0.15) is 26.6 Å². The molecule has 1 heterocycles. The molecule has 7 nitrogen and oxygen atoms in total. The normalized spacial score (nSPS) is 12.9. The van der Waals surface area contributed by atoms with E-state index in [1.807, 2.05) is 35.9 Å². The highest BCUT2D eigenvalue weighted by atomic mass is 16.6. The van der Waals surface area contributed by atoms with Gasteiger partial charge >= 0.3 is 12.1 Å². The van der Waals surface area contributed by atoms with E-state index in [2.05, 4.69) is 10.3 Å². The summed E-state index contributed by atoms with van der Waals surface area (Å²) in [4.78, 5) is 27.6. The van der Waals surface area contributed by atoms with Crippen molar-refractivity contribution < 1.29 is 19.4 Å². The summed E-state index contributed by atoms with van der Waals surface area (Å²) in [5.74, 6) is -0.558. The Morgan fingerprint density at radius 1 is 1.35 bits per heavy atom. The Morgan fingerprint density at radius 2 is 2.00 bits per heavy atom. The van der Waals surface area contributed by atoms with Gasteiger partial charge in [0.05, 0.1) is 11.0 Å². The van der Waals surface area contributed by atoms with Crippen molar-refractivity contribution >= 4 is 23.1 Å². The standard InChI is InChI=1S/C16H21N3O4/c1-16(2,3)23-15(22)18-11(14(20)21)9-13-17-10-7-5-6-8-12(10)19(13)4/h5-8,11H,9H2,1-4H3,(H,18,22)(H,20,21)/t11-/m0/s1. The lowest BCUT2D eigenvalue weighted by Crippen LogP contribution is -2.45. The number of hydrogen-bond donors (Lipinski definition) is 2. The molecule has 1 aromatic carbocycles. The first kappa shape index (κ1) is 16.8. The number of para-hydroxylation sites is 2. The van der Waals surface area contributed by atoms with E-state index in [0.29, 0.717) is 5.82 Å². The van der Waals surface area contributed by atoms with Crippen LogP contribution in [-0.4, -0.2) is 38.4 Å². The molecule has 0 spiro atoms. The van der Waals surface area contributed by atoms with Crippen molar-refractivity contribution in [2.24, 2.45) is 7.05 Å². The molecule has 1 amide bonds. The second-order valence-corrected chi connectivity index (χ2v) is 6.32. The number of benzene rings is 1. The monoisotopic (exact) mass is 319 g/mol. The van der Waals surface area contributed by atoms with Crippen molar-refractivity contribution in [1.29, 1.82) is 0 Å². The van der Waals surface area contributed by atoms with Crippen molar-refractivity contribution in [3.05, 3.63) is 30.1 Å². The van der Waals surface area contributed by atoms with Crippen LogP contribution in [0, 0.1) is 0 Å². The van der Waals surface area contributed by atoms with Gasteiger partial charge in [-0.3, -0.25) is 0 Å². The van der Waals surface area contributed by atoms with E-state index in [-0.39, 0.29) is 6.42 Å². The van der Waals surface area contributed by atoms with Gasteiger partial charge in [0.15, 0.2) is 0 Å². The van der Waals surface area contributed by atoms with Crippen LogP contribution in [0.2, 0.25) is 0 Å². The number of aromatic nitrogens is 2. The minimum atomic E-state index is -1.14. The van der Waals surface area contributed by atoms with Crippen molar-refractivity contribution in [2.45, 2.75) is 38.8 Å². The number of carboxylic acid groups (broad SMARTS) is 1. The van der Waals surface area contributed by atoms with Crippen molar-refractivity contribution in [3.63, 3.8) is 0 Å². The first-order chi connectivity index (χ1) is 10.7. The van der Waals surface area contributed by atoms with Gasteiger partial charge in [-0.15, -0.1) is 0 Å². The predicted octanol–water partition coefficient (Wildman–Crippen LogP) is 2.09. The zero-order valence-corrected chi connectivity index (χ0v) is 13.7. The number of nitrogens with zero attached hydrogens (tertiary/aromatic N) is 2. The number of carboxylic acids is 1. The van der Waals surface area contributed by atoms with Gasteiger partial charge in [0.2, 0.25) is 0 Å². The summed E-state index contributed by atoms with van der Waals surface area (Å²) >= 11 is 0. The summed E-state index contributed by atoms with van der Waals surface area (Å²) in [5, 5.41) is 11.7. The number of carbonyl (C=O) groups is 2. The number of nitrogens with one attached hydrogen (secondary N) is 1. The van der Waals surface area contributed by atoms with E-state index in [9.17, 15) is 14.7 Å². The molecule has 2 aromatic rings. The summed E-state index contributed by atoms with van der Waals surface area (Å²) < 4.78 is 6.93. The summed E-state index contributed by atoms with van der Waals surface area (Å²) in [7, 11) is 1.82. The molecule has 2 N–H and O–H groups in total. The van der Waals surface area contributed by atoms with Crippen LogP contribution in [0.15, 0.2) is 24.3 Å². The minimum Gasteiger partial charge on any atom is -0.480 e. The number of aliphatic carboxylic acids is 1. The van der Waals surface area contributed by atoms with E-state index >= 15 is 0 Å². The van der Waals surface area contributed by atoms with Gasteiger partial charge in [0.1, 0.15) is 17.5 Å². The van der Waals surface area contributed by atoms with Crippen LogP contribution in [-0.2, 0) is 23.0 Å². The van der Waals surface area contributed by atoms with Gasteiger partial charge in [-0.2, -0.15) is 0 Å². The van der Waals surface area contributed by atoms with Crippen molar-refractivity contribution in [1.82, 2.24) is 14.9 Å². The number of hydrogen-bond acceptors (Lipinski definition) is 4. The third-order valence-electron chi connectivity index (χ3n) is 3.26. The highest BCUT2D eigenvalue weighted by Crippen LogP contribution is 2.15. The molecule has 23 heavy (non-hydrogen) atoms. The number of alkyl carbamates (subject to hydrolysis) is 1. The molecule has 124 valence electrons. The fourth-order valence-electron chi connectivity index (χ4n) is 2.21. The van der Waals surface area contributed by atoms with Crippen molar-refractivity contribution in [2.75, 3.05) is 0 Å². The number of carbonyl (C=O) groups excluding carboxylic acids is 1. The second kappa shape index (κ2) is 6.28. The highest BCUT2D eigenvalue weighted by Gasteiger charge is 2.26. The van der Waals surface area contributed by atoms with Crippen LogP contribution in [0.4, 0.5) is 4.79 Å². The molecular weight excluding hydrogens is 298 g/mol. The molecule has 0 saturated heterocycles. The largest absolute Gasteiger partial charge is 0.480 e. The molecule has 1 atom stereocenters. The average Bonchev–Trinajstić information content (AvgIpc) is 2.73. The molecule has 0 fully saturated rings. The molecular formula is C16H21N3O4. The first-order valence-corrected chi connectivity index (χ1v) is 7.30. The Morgan fingerprint density at radius 3 is 2.57 bits per heavy atom. The number of ether oxygens (including phenoxy) is 1. The lowest BCUT2D eigenvalue weighted by Gasteiger charge is -2.21. The van der Waals surface area contributed by atoms with Crippen LogP contribution in [0.5, 0.6) is 0 Å². The molecule has 0 aliphatic carbocycles. The summed E-state index contributed by atoms with van der Waals surface area (Å²) in [6.07, 6.45) is -0.691. The molecule has 0 radical (unpaired) electrons. The van der Waals surface area contributed by atoms with Gasteiger partial charge < -0.3 is 19.7 Å². The lowest BCUT2D eigenvalue weighted by molar-refractivity contribution is -0.139. The molecule has 0 aliphatic heterocycles. The molecule has 0 aliphatic rings. The first-order valence-electron chi connectivity index (χ1n) is 7.30. The molecule has 0 unspecified atom stereocenters. The van der Waals surface area contributed by atoms with Crippen LogP contribution >= 0.6 is 0 Å². The maximum absolute atomic E-state index is 11.8. The quantitative estimate of drug-likeness (QED) is 0.900. The predicted molar refractivity (Wildman–Crippen MR) is 85.2 cm³/mol. The van der Waals surface area contributed by atoms with Gasteiger partial charge in [0, 0.05) is 13.5 Å². The number of fused-ring (bicyclic) bond motifs is 1. The third-order valence-corrected chi connectivity index (χ3v) is 3.26. The fraction of sp³-hybridized carbons (Fsp3) is 0.438. The zero-order valence-electron chi connectivity index (χ0n) is 13.7. The Kier molecular flexibility index (Phi) is 4.58. The van der Waals surface area contributed by atoms with Gasteiger partial charge in [-0.05, 0) is 32.9 Å².